The third-order valence-electron chi connectivity index (χ3n) is 1.92. The van der Waals surface area contributed by atoms with Gasteiger partial charge in [0.05, 0.1) is 11.5 Å². The lowest BCUT2D eigenvalue weighted by molar-refractivity contribution is -0.384. The van der Waals surface area contributed by atoms with Crippen LogP contribution in [0.25, 0.3) is 0 Å². The van der Waals surface area contributed by atoms with Gasteiger partial charge in [0.2, 0.25) is 0 Å². The van der Waals surface area contributed by atoms with Crippen molar-refractivity contribution in [2.75, 3.05) is 6.61 Å². The molecule has 0 fully saturated rings. The van der Waals surface area contributed by atoms with E-state index in [0.717, 1.165) is 0 Å². The van der Waals surface area contributed by atoms with Crippen molar-refractivity contribution in [3.05, 3.63) is 39.9 Å². The van der Waals surface area contributed by atoms with Crippen LogP contribution < -0.4 is 0 Å². The van der Waals surface area contributed by atoms with Gasteiger partial charge in [-0.3, -0.25) is 10.1 Å². The minimum atomic E-state index is -0.788. The first kappa shape index (κ1) is 12.6. The zero-order valence-corrected chi connectivity index (χ0v) is 8.99. The maximum Gasteiger partial charge on any atom is 0.361 e. The first-order valence-corrected chi connectivity index (χ1v) is 4.74. The molecule has 0 aromatic heterocycles. The maximum atomic E-state index is 11.3. The van der Waals surface area contributed by atoms with Crippen LogP contribution in [0, 0.1) is 10.1 Å². The number of esters is 1. The molecule has 0 amide bonds. The summed E-state index contributed by atoms with van der Waals surface area (Å²) in [5, 5.41) is 22.0. The van der Waals surface area contributed by atoms with Crippen molar-refractivity contribution >= 4 is 17.4 Å². The minimum Gasteiger partial charge on any atom is -0.461 e. The molecule has 1 rings (SSSR count). The highest BCUT2D eigenvalue weighted by atomic mass is 16.6. The summed E-state index contributed by atoms with van der Waals surface area (Å²) in [6.45, 7) is 1.76. The van der Waals surface area contributed by atoms with Gasteiger partial charge in [0.15, 0.2) is 5.71 Å². The summed E-state index contributed by atoms with van der Waals surface area (Å²) < 4.78 is 4.66. The number of hydrogen-bond acceptors (Lipinski definition) is 6. The zero-order valence-electron chi connectivity index (χ0n) is 8.99. The molecule has 7 nitrogen and oxygen atoms in total. The van der Waals surface area contributed by atoms with Crippen LogP contribution in [0.5, 0.6) is 0 Å². The average molecular weight is 238 g/mol. The molecule has 0 atom stereocenters. The number of benzene rings is 1. The van der Waals surface area contributed by atoms with Crippen molar-refractivity contribution in [1.29, 1.82) is 0 Å². The van der Waals surface area contributed by atoms with Crippen LogP contribution in [-0.4, -0.2) is 28.4 Å². The Labute approximate surface area is 96.5 Å². The van der Waals surface area contributed by atoms with Gasteiger partial charge in [0, 0.05) is 17.7 Å². The fourth-order valence-electron chi connectivity index (χ4n) is 1.16. The van der Waals surface area contributed by atoms with Crippen LogP contribution in [0.3, 0.4) is 0 Å². The van der Waals surface area contributed by atoms with E-state index in [0.29, 0.717) is 0 Å². The fourth-order valence-corrected chi connectivity index (χ4v) is 1.16. The number of nitrogens with zero attached hydrogens (tertiary/aromatic N) is 2. The van der Waals surface area contributed by atoms with Crippen LogP contribution in [0.1, 0.15) is 12.5 Å². The molecule has 0 aliphatic carbocycles. The molecule has 1 aromatic carbocycles. The van der Waals surface area contributed by atoms with Crippen molar-refractivity contribution in [3.63, 3.8) is 0 Å². The van der Waals surface area contributed by atoms with E-state index in [9.17, 15) is 14.9 Å². The second-order valence-electron chi connectivity index (χ2n) is 2.97. The second-order valence-corrected chi connectivity index (χ2v) is 2.97. The largest absolute Gasteiger partial charge is 0.461 e. The number of oxime groups is 1. The summed E-state index contributed by atoms with van der Waals surface area (Å²) in [6.07, 6.45) is 0. The van der Waals surface area contributed by atoms with E-state index >= 15 is 0 Å². The molecular weight excluding hydrogens is 228 g/mol. The summed E-state index contributed by atoms with van der Waals surface area (Å²) in [7, 11) is 0. The Bertz CT molecular complexity index is 452. The molecule has 0 spiro atoms. The number of nitro groups is 1. The van der Waals surface area contributed by atoms with Crippen molar-refractivity contribution in [2.24, 2.45) is 5.16 Å². The number of non-ortho nitro benzene ring substituents is 1. The third-order valence-corrected chi connectivity index (χ3v) is 1.92. The molecule has 0 heterocycles. The molecule has 17 heavy (non-hydrogen) atoms. The van der Waals surface area contributed by atoms with Crippen LogP contribution in [0.4, 0.5) is 5.69 Å². The number of ether oxygens (including phenoxy) is 1. The van der Waals surface area contributed by atoms with Crippen molar-refractivity contribution in [1.82, 2.24) is 0 Å². The molecule has 0 radical (unpaired) electrons. The van der Waals surface area contributed by atoms with Gasteiger partial charge in [-0.2, -0.15) is 0 Å². The van der Waals surface area contributed by atoms with E-state index in [1.54, 1.807) is 6.92 Å². The highest BCUT2D eigenvalue weighted by Gasteiger charge is 2.17. The Balaban J connectivity index is 2.98. The van der Waals surface area contributed by atoms with Crippen LogP contribution in [-0.2, 0) is 9.53 Å². The molecule has 90 valence electrons. The number of carbonyl (C=O) groups is 1. The minimum absolute atomic E-state index is 0.116. The average Bonchev–Trinajstić information content (AvgIpc) is 2.31. The topological polar surface area (TPSA) is 102 Å². The quantitative estimate of drug-likeness (QED) is 0.280. The summed E-state index contributed by atoms with van der Waals surface area (Å²) in [6, 6.07) is 5.04. The van der Waals surface area contributed by atoms with E-state index in [4.69, 9.17) is 5.21 Å². The molecule has 1 aromatic rings. The first-order valence-electron chi connectivity index (χ1n) is 4.74. The van der Waals surface area contributed by atoms with E-state index in [1.165, 1.54) is 24.3 Å². The van der Waals surface area contributed by atoms with Gasteiger partial charge in [-0.1, -0.05) is 5.16 Å². The van der Waals surface area contributed by atoms with Crippen molar-refractivity contribution in [3.8, 4) is 0 Å². The predicted molar refractivity (Wildman–Crippen MR) is 58.1 cm³/mol. The van der Waals surface area contributed by atoms with Crippen molar-refractivity contribution in [2.45, 2.75) is 6.92 Å². The molecule has 7 heteroatoms. The molecule has 0 saturated heterocycles. The molecule has 0 unspecified atom stereocenters. The number of rotatable bonds is 4. The smallest absolute Gasteiger partial charge is 0.361 e. The van der Waals surface area contributed by atoms with Crippen LogP contribution in [0.15, 0.2) is 29.4 Å². The first-order chi connectivity index (χ1) is 8.10. The summed E-state index contributed by atoms with van der Waals surface area (Å²) >= 11 is 0. The van der Waals surface area contributed by atoms with E-state index in [-0.39, 0.29) is 23.6 Å². The van der Waals surface area contributed by atoms with Crippen molar-refractivity contribution < 1.29 is 19.7 Å². The Kier molecular flexibility index (Phi) is 4.15. The van der Waals surface area contributed by atoms with E-state index in [2.05, 4.69) is 9.89 Å². The Morgan fingerprint density at radius 3 is 2.47 bits per heavy atom. The molecule has 0 saturated carbocycles. The summed E-state index contributed by atoms with van der Waals surface area (Å²) in [5.41, 5.74) is -0.159. The standard InChI is InChI=1S/C10H10N2O5/c1-2-17-10(13)9(11-14)7-3-5-8(6-4-7)12(15)16/h3-6,14H,2H2,1H3/b11-9-. The third kappa shape index (κ3) is 3.00. The monoisotopic (exact) mass is 238 g/mol. The molecule has 1 N–H and O–H groups in total. The van der Waals surface area contributed by atoms with Gasteiger partial charge in [-0.25, -0.2) is 4.79 Å². The Morgan fingerprint density at radius 2 is 2.06 bits per heavy atom. The SMILES string of the molecule is CCOC(=O)/C(=N\O)c1ccc([N+](=O)[O-])cc1. The fraction of sp³-hybridized carbons (Fsp3) is 0.200. The number of hydrogen-bond donors (Lipinski definition) is 1. The lowest BCUT2D eigenvalue weighted by Gasteiger charge is -2.03. The number of nitro benzene ring substituents is 1. The van der Waals surface area contributed by atoms with Gasteiger partial charge in [0.1, 0.15) is 0 Å². The highest BCUT2D eigenvalue weighted by molar-refractivity contribution is 6.43. The van der Waals surface area contributed by atoms with Gasteiger partial charge in [-0.15, -0.1) is 0 Å². The zero-order chi connectivity index (χ0) is 12.8. The van der Waals surface area contributed by atoms with E-state index in [1.807, 2.05) is 0 Å². The van der Waals surface area contributed by atoms with Gasteiger partial charge in [-0.05, 0) is 19.1 Å². The Hall–Kier alpha value is -2.44. The highest BCUT2D eigenvalue weighted by Crippen LogP contribution is 2.13. The van der Waals surface area contributed by atoms with Crippen LogP contribution in [0.2, 0.25) is 0 Å². The molecule has 0 bridgehead atoms. The Morgan fingerprint density at radius 1 is 1.47 bits per heavy atom. The van der Waals surface area contributed by atoms with E-state index < -0.39 is 10.9 Å². The van der Waals surface area contributed by atoms with Gasteiger partial charge in [0.25, 0.3) is 5.69 Å². The molecule has 0 aliphatic rings. The van der Waals surface area contributed by atoms with Gasteiger partial charge >= 0.3 is 5.97 Å². The summed E-state index contributed by atoms with van der Waals surface area (Å²) in [5.74, 6) is -0.788. The normalized spacial score (nSPS) is 11.0. The lowest BCUT2D eigenvalue weighted by atomic mass is 10.1. The molecular formula is C10H10N2O5. The second kappa shape index (κ2) is 5.59. The lowest BCUT2D eigenvalue weighted by Crippen LogP contribution is -2.18. The predicted octanol–water partition coefficient (Wildman–Crippen LogP) is 1.34. The molecule has 0 aliphatic heterocycles. The van der Waals surface area contributed by atoms with Crippen LogP contribution >= 0.6 is 0 Å². The number of carbonyl (C=O) groups excluding carboxylic acids is 1. The van der Waals surface area contributed by atoms with Gasteiger partial charge < -0.3 is 9.94 Å². The maximum absolute atomic E-state index is 11.3. The summed E-state index contributed by atoms with van der Waals surface area (Å²) in [4.78, 5) is 21.2.